The van der Waals surface area contributed by atoms with E-state index in [-0.39, 0.29) is 6.04 Å². The van der Waals surface area contributed by atoms with Crippen molar-refractivity contribution in [2.24, 2.45) is 7.05 Å². The number of hydrogen-bond acceptors (Lipinski definition) is 4. The van der Waals surface area contributed by atoms with Crippen molar-refractivity contribution in [3.05, 3.63) is 60.3 Å². The molecule has 0 saturated carbocycles. The maximum Gasteiger partial charge on any atom is 0.313 e. The van der Waals surface area contributed by atoms with E-state index in [1.54, 1.807) is 31.4 Å². The normalized spacial score (nSPS) is 12.0. The summed E-state index contributed by atoms with van der Waals surface area (Å²) in [7, 11) is 7.48. The molecule has 3 rings (SSSR count). The number of hydrogen-bond donors (Lipinski definition) is 2. The van der Waals surface area contributed by atoms with Crippen molar-refractivity contribution in [3.63, 3.8) is 0 Å². The molecule has 7 heteroatoms. The summed E-state index contributed by atoms with van der Waals surface area (Å²) < 4.78 is 7.15. The molecule has 7 nitrogen and oxygen atoms in total. The number of amides is 2. The molecule has 0 aliphatic heterocycles. The van der Waals surface area contributed by atoms with Crippen LogP contribution in [0.15, 0.2) is 54.7 Å². The molecule has 1 atom stereocenters. The van der Waals surface area contributed by atoms with Crippen molar-refractivity contribution in [2.75, 3.05) is 33.1 Å². The van der Waals surface area contributed by atoms with Gasteiger partial charge in [-0.2, -0.15) is 0 Å². The van der Waals surface area contributed by atoms with Gasteiger partial charge in [-0.15, -0.1) is 0 Å². The Balaban J connectivity index is 1.68. The van der Waals surface area contributed by atoms with Crippen LogP contribution in [-0.4, -0.2) is 49.0 Å². The smallest absolute Gasteiger partial charge is 0.313 e. The van der Waals surface area contributed by atoms with Crippen LogP contribution < -0.4 is 15.4 Å². The lowest BCUT2D eigenvalue weighted by Gasteiger charge is -2.24. The Bertz CT molecular complexity index is 1010. The van der Waals surface area contributed by atoms with Crippen LogP contribution in [0.5, 0.6) is 5.75 Å². The molecule has 0 aliphatic carbocycles. The SMILES string of the molecule is COc1ccc(NC(=O)C(=O)NCC(c2cn(C)c3ccccc23)N(C)C)cc1. The fourth-order valence-electron chi connectivity index (χ4n) is 3.34. The number of carbonyl (C=O) groups excluding carboxylic acids is 2. The maximum absolute atomic E-state index is 12.3. The van der Waals surface area contributed by atoms with Gasteiger partial charge in [-0.25, -0.2) is 0 Å². The lowest BCUT2D eigenvalue weighted by molar-refractivity contribution is -0.136. The minimum Gasteiger partial charge on any atom is -0.497 e. The third-order valence-corrected chi connectivity index (χ3v) is 4.92. The number of para-hydroxylation sites is 1. The molecule has 0 saturated heterocycles. The summed E-state index contributed by atoms with van der Waals surface area (Å²) in [6.45, 7) is 0.315. The second-order valence-corrected chi connectivity index (χ2v) is 7.08. The zero-order valence-electron chi connectivity index (χ0n) is 17.1. The van der Waals surface area contributed by atoms with Crippen molar-refractivity contribution >= 4 is 28.4 Å². The minimum atomic E-state index is -0.703. The third kappa shape index (κ3) is 4.57. The molecule has 0 bridgehead atoms. The number of nitrogens with one attached hydrogen (secondary N) is 2. The van der Waals surface area contributed by atoms with Crippen LogP contribution in [0.2, 0.25) is 0 Å². The van der Waals surface area contributed by atoms with Crippen LogP contribution in [0.3, 0.4) is 0 Å². The number of aromatic nitrogens is 1. The molecule has 29 heavy (non-hydrogen) atoms. The summed E-state index contributed by atoms with van der Waals surface area (Å²) in [6.07, 6.45) is 2.07. The summed E-state index contributed by atoms with van der Waals surface area (Å²) in [6, 6.07) is 14.9. The zero-order valence-corrected chi connectivity index (χ0v) is 17.1. The highest BCUT2D eigenvalue weighted by Crippen LogP contribution is 2.28. The van der Waals surface area contributed by atoms with Gasteiger partial charge in [0.25, 0.3) is 0 Å². The van der Waals surface area contributed by atoms with Crippen LogP contribution in [0.4, 0.5) is 5.69 Å². The fourth-order valence-corrected chi connectivity index (χ4v) is 3.34. The molecule has 152 valence electrons. The molecular weight excluding hydrogens is 368 g/mol. The Labute approximate surface area is 170 Å². The van der Waals surface area contributed by atoms with Crippen LogP contribution in [0, 0.1) is 0 Å². The predicted molar refractivity (Wildman–Crippen MR) is 114 cm³/mol. The molecule has 0 aliphatic rings. The number of nitrogens with zero attached hydrogens (tertiary/aromatic N) is 2. The van der Waals surface area contributed by atoms with E-state index in [1.807, 2.05) is 38.2 Å². The standard InChI is InChI=1S/C22H26N4O3/c1-25(2)20(18-14-26(3)19-8-6-5-7-17(18)19)13-23-21(27)22(28)24-15-9-11-16(29-4)12-10-15/h5-12,14,20H,13H2,1-4H3,(H,23,27)(H,24,28). The molecule has 2 amide bonds. The van der Waals surface area contributed by atoms with E-state index in [9.17, 15) is 9.59 Å². The second kappa shape index (κ2) is 8.79. The van der Waals surface area contributed by atoms with Gasteiger partial charge in [-0.3, -0.25) is 9.59 Å². The number of benzene rings is 2. The van der Waals surface area contributed by atoms with Crippen molar-refractivity contribution in [1.29, 1.82) is 0 Å². The number of likely N-dealkylation sites (N-methyl/N-ethyl adjacent to an activating group) is 1. The van der Waals surface area contributed by atoms with E-state index >= 15 is 0 Å². The molecule has 3 aromatic rings. The van der Waals surface area contributed by atoms with Gasteiger partial charge in [-0.05, 0) is 50.0 Å². The highest BCUT2D eigenvalue weighted by atomic mass is 16.5. The van der Waals surface area contributed by atoms with Gasteiger partial charge in [0.2, 0.25) is 0 Å². The van der Waals surface area contributed by atoms with Gasteiger partial charge in [0, 0.05) is 36.4 Å². The van der Waals surface area contributed by atoms with E-state index in [1.165, 1.54) is 0 Å². The number of anilines is 1. The molecule has 1 heterocycles. The first-order valence-corrected chi connectivity index (χ1v) is 9.34. The number of aryl methyl sites for hydroxylation is 1. The molecule has 0 radical (unpaired) electrons. The fraction of sp³-hybridized carbons (Fsp3) is 0.273. The Kier molecular flexibility index (Phi) is 6.19. The maximum atomic E-state index is 12.3. The first kappa shape index (κ1) is 20.4. The summed E-state index contributed by atoms with van der Waals surface area (Å²) in [4.78, 5) is 26.6. The Morgan fingerprint density at radius 3 is 2.41 bits per heavy atom. The summed E-state index contributed by atoms with van der Waals surface area (Å²) in [5.41, 5.74) is 2.76. The van der Waals surface area contributed by atoms with E-state index in [2.05, 4.69) is 33.5 Å². The minimum absolute atomic E-state index is 0.0705. The molecular formula is C22H26N4O3. The summed E-state index contributed by atoms with van der Waals surface area (Å²) in [5, 5.41) is 6.48. The molecule has 0 fully saturated rings. The summed E-state index contributed by atoms with van der Waals surface area (Å²) in [5.74, 6) is -0.699. The van der Waals surface area contributed by atoms with Crippen molar-refractivity contribution < 1.29 is 14.3 Å². The average molecular weight is 394 g/mol. The second-order valence-electron chi connectivity index (χ2n) is 7.08. The quantitative estimate of drug-likeness (QED) is 0.630. The van der Waals surface area contributed by atoms with Crippen molar-refractivity contribution in [1.82, 2.24) is 14.8 Å². The Morgan fingerprint density at radius 2 is 1.76 bits per heavy atom. The Morgan fingerprint density at radius 1 is 1.07 bits per heavy atom. The average Bonchev–Trinajstić information content (AvgIpc) is 3.05. The van der Waals surface area contributed by atoms with Gasteiger partial charge in [0.05, 0.1) is 13.2 Å². The number of rotatable bonds is 6. The number of ether oxygens (including phenoxy) is 1. The lowest BCUT2D eigenvalue weighted by atomic mass is 10.0. The molecule has 1 unspecified atom stereocenters. The van der Waals surface area contributed by atoms with Gasteiger partial charge < -0.3 is 24.8 Å². The molecule has 1 aromatic heterocycles. The topological polar surface area (TPSA) is 75.6 Å². The van der Waals surface area contributed by atoms with E-state index in [0.29, 0.717) is 18.0 Å². The number of methoxy groups -OCH3 is 1. The molecule has 0 spiro atoms. The van der Waals surface area contributed by atoms with Crippen LogP contribution >= 0.6 is 0 Å². The monoisotopic (exact) mass is 394 g/mol. The van der Waals surface area contributed by atoms with E-state index in [0.717, 1.165) is 16.5 Å². The van der Waals surface area contributed by atoms with Gasteiger partial charge in [0.15, 0.2) is 0 Å². The van der Waals surface area contributed by atoms with E-state index < -0.39 is 11.8 Å². The van der Waals surface area contributed by atoms with Gasteiger partial charge in [-0.1, -0.05) is 18.2 Å². The number of carbonyl (C=O) groups is 2. The van der Waals surface area contributed by atoms with E-state index in [4.69, 9.17) is 4.74 Å². The molecule has 2 aromatic carbocycles. The lowest BCUT2D eigenvalue weighted by Crippen LogP contribution is -2.40. The Hall–Kier alpha value is -3.32. The number of fused-ring (bicyclic) bond motifs is 1. The van der Waals surface area contributed by atoms with Crippen LogP contribution in [-0.2, 0) is 16.6 Å². The third-order valence-electron chi connectivity index (χ3n) is 4.92. The first-order chi connectivity index (χ1) is 13.9. The largest absolute Gasteiger partial charge is 0.497 e. The predicted octanol–water partition coefficient (Wildman–Crippen LogP) is 2.54. The highest BCUT2D eigenvalue weighted by molar-refractivity contribution is 6.39. The first-order valence-electron chi connectivity index (χ1n) is 9.34. The van der Waals surface area contributed by atoms with Crippen molar-refractivity contribution in [3.8, 4) is 5.75 Å². The van der Waals surface area contributed by atoms with Gasteiger partial charge >= 0.3 is 11.8 Å². The summed E-state index contributed by atoms with van der Waals surface area (Å²) >= 11 is 0. The van der Waals surface area contributed by atoms with Crippen molar-refractivity contribution in [2.45, 2.75) is 6.04 Å². The highest BCUT2D eigenvalue weighted by Gasteiger charge is 2.22. The van der Waals surface area contributed by atoms with Gasteiger partial charge in [0.1, 0.15) is 5.75 Å². The van der Waals surface area contributed by atoms with Crippen LogP contribution in [0.25, 0.3) is 10.9 Å². The van der Waals surface area contributed by atoms with Crippen LogP contribution in [0.1, 0.15) is 11.6 Å². The zero-order chi connectivity index (χ0) is 21.0. The molecule has 2 N–H and O–H groups in total.